The summed E-state index contributed by atoms with van der Waals surface area (Å²) in [6.45, 7) is 4.29. The standard InChI is InChI=1S/C18H23N5/c1-13-4-3-5-17(21-13)23-11-14-6-7-16(15(14)12-23)22(2)18-10-19-8-9-20-18/h3-5,8-10,14-16H,6-7,11-12H2,1-2H3/t14-,15+,16-/m1/s1. The second-order valence-corrected chi connectivity index (χ2v) is 6.79. The van der Waals surface area contributed by atoms with Crippen LogP contribution in [-0.4, -0.2) is 41.1 Å². The van der Waals surface area contributed by atoms with Crippen LogP contribution in [0, 0.1) is 18.8 Å². The molecule has 1 saturated heterocycles. The first-order chi connectivity index (χ1) is 11.2. The Balaban J connectivity index is 1.51. The maximum Gasteiger partial charge on any atom is 0.147 e. The number of nitrogens with zero attached hydrogens (tertiary/aromatic N) is 5. The molecule has 0 amide bonds. The van der Waals surface area contributed by atoms with Crippen LogP contribution < -0.4 is 9.80 Å². The van der Waals surface area contributed by atoms with E-state index in [1.54, 1.807) is 12.4 Å². The van der Waals surface area contributed by atoms with E-state index in [1.165, 1.54) is 12.8 Å². The minimum Gasteiger partial charge on any atom is -0.356 e. The van der Waals surface area contributed by atoms with Crippen molar-refractivity contribution in [2.45, 2.75) is 25.8 Å². The number of fused-ring (bicyclic) bond motifs is 1. The number of aromatic nitrogens is 3. The van der Waals surface area contributed by atoms with Gasteiger partial charge in [0.25, 0.3) is 0 Å². The SMILES string of the molecule is Cc1cccc(N2C[C@H]3CC[C@@H](N(C)c4cnccn4)[C@H]3C2)n1. The molecule has 1 aliphatic heterocycles. The lowest BCUT2D eigenvalue weighted by atomic mass is 9.97. The molecule has 3 heterocycles. The first-order valence-electron chi connectivity index (χ1n) is 8.40. The zero-order valence-electron chi connectivity index (χ0n) is 13.8. The summed E-state index contributed by atoms with van der Waals surface area (Å²) in [6, 6.07) is 6.85. The van der Waals surface area contributed by atoms with E-state index in [-0.39, 0.29) is 0 Å². The van der Waals surface area contributed by atoms with Gasteiger partial charge in [0.15, 0.2) is 0 Å². The molecular formula is C18H23N5. The molecule has 2 aromatic heterocycles. The van der Waals surface area contributed by atoms with E-state index < -0.39 is 0 Å². The summed E-state index contributed by atoms with van der Waals surface area (Å²) in [6.07, 6.45) is 7.91. The highest BCUT2D eigenvalue weighted by molar-refractivity contribution is 5.43. The van der Waals surface area contributed by atoms with Crippen LogP contribution in [0.4, 0.5) is 11.6 Å². The largest absolute Gasteiger partial charge is 0.356 e. The van der Waals surface area contributed by atoms with E-state index in [4.69, 9.17) is 4.98 Å². The number of pyridine rings is 1. The molecule has 5 nitrogen and oxygen atoms in total. The van der Waals surface area contributed by atoms with Crippen LogP contribution in [0.3, 0.4) is 0 Å². The first-order valence-corrected chi connectivity index (χ1v) is 8.40. The van der Waals surface area contributed by atoms with Gasteiger partial charge < -0.3 is 9.80 Å². The fourth-order valence-electron chi connectivity index (χ4n) is 4.25. The predicted molar refractivity (Wildman–Crippen MR) is 91.6 cm³/mol. The third-order valence-corrected chi connectivity index (χ3v) is 5.43. The molecule has 2 fully saturated rings. The van der Waals surface area contributed by atoms with Gasteiger partial charge in [0.2, 0.25) is 0 Å². The molecular weight excluding hydrogens is 286 g/mol. The molecule has 2 aliphatic rings. The Morgan fingerprint density at radius 3 is 2.87 bits per heavy atom. The average Bonchev–Trinajstić information content (AvgIpc) is 3.15. The molecule has 4 rings (SSSR count). The van der Waals surface area contributed by atoms with Gasteiger partial charge in [0.05, 0.1) is 6.20 Å². The normalized spacial score (nSPS) is 26.3. The molecule has 120 valence electrons. The zero-order chi connectivity index (χ0) is 15.8. The molecule has 0 aromatic carbocycles. The summed E-state index contributed by atoms with van der Waals surface area (Å²) in [4.78, 5) is 18.2. The number of rotatable bonds is 3. The van der Waals surface area contributed by atoms with Gasteiger partial charge in [-0.25, -0.2) is 9.97 Å². The Bertz CT molecular complexity index is 674. The van der Waals surface area contributed by atoms with Crippen LogP contribution >= 0.6 is 0 Å². The highest BCUT2D eigenvalue weighted by atomic mass is 15.3. The van der Waals surface area contributed by atoms with Gasteiger partial charge in [-0.15, -0.1) is 0 Å². The molecule has 23 heavy (non-hydrogen) atoms. The molecule has 0 bridgehead atoms. The van der Waals surface area contributed by atoms with Crippen molar-refractivity contribution in [2.24, 2.45) is 11.8 Å². The minimum atomic E-state index is 0.548. The van der Waals surface area contributed by atoms with Crippen LogP contribution in [0.2, 0.25) is 0 Å². The summed E-state index contributed by atoms with van der Waals surface area (Å²) < 4.78 is 0. The smallest absolute Gasteiger partial charge is 0.147 e. The van der Waals surface area contributed by atoms with E-state index in [0.717, 1.165) is 36.3 Å². The van der Waals surface area contributed by atoms with Crippen molar-refractivity contribution >= 4 is 11.6 Å². The fraction of sp³-hybridized carbons (Fsp3) is 0.500. The maximum atomic E-state index is 4.70. The van der Waals surface area contributed by atoms with Crippen LogP contribution in [0.1, 0.15) is 18.5 Å². The van der Waals surface area contributed by atoms with Gasteiger partial charge in [-0.1, -0.05) is 6.07 Å². The lowest BCUT2D eigenvalue weighted by Crippen LogP contribution is -2.38. The third kappa shape index (κ3) is 2.64. The molecule has 0 radical (unpaired) electrons. The molecule has 1 saturated carbocycles. The Morgan fingerprint density at radius 1 is 1.17 bits per heavy atom. The molecule has 2 aromatic rings. The van der Waals surface area contributed by atoms with Crippen LogP contribution in [0.5, 0.6) is 0 Å². The topological polar surface area (TPSA) is 45.2 Å². The number of aryl methyl sites for hydroxylation is 1. The van der Waals surface area contributed by atoms with Crippen molar-refractivity contribution in [3.8, 4) is 0 Å². The third-order valence-electron chi connectivity index (χ3n) is 5.43. The van der Waals surface area contributed by atoms with Gasteiger partial charge in [0, 0.05) is 50.2 Å². The van der Waals surface area contributed by atoms with Gasteiger partial charge in [-0.05, 0) is 37.8 Å². The quantitative estimate of drug-likeness (QED) is 0.872. The highest BCUT2D eigenvalue weighted by Crippen LogP contribution is 2.42. The fourth-order valence-corrected chi connectivity index (χ4v) is 4.25. The van der Waals surface area contributed by atoms with Crippen molar-refractivity contribution in [3.63, 3.8) is 0 Å². The van der Waals surface area contributed by atoms with Crippen LogP contribution in [0.15, 0.2) is 36.8 Å². The second kappa shape index (κ2) is 5.80. The number of hydrogen-bond acceptors (Lipinski definition) is 5. The molecule has 1 aliphatic carbocycles. The van der Waals surface area contributed by atoms with Crippen LogP contribution in [-0.2, 0) is 0 Å². The Kier molecular flexibility index (Phi) is 3.63. The first kappa shape index (κ1) is 14.4. The van der Waals surface area contributed by atoms with Gasteiger partial charge in [-0.3, -0.25) is 4.98 Å². The van der Waals surface area contributed by atoms with Crippen LogP contribution in [0.25, 0.3) is 0 Å². The number of anilines is 2. The molecule has 0 N–H and O–H groups in total. The summed E-state index contributed by atoms with van der Waals surface area (Å²) in [5.74, 6) is 3.55. The van der Waals surface area contributed by atoms with E-state index in [9.17, 15) is 0 Å². The second-order valence-electron chi connectivity index (χ2n) is 6.79. The zero-order valence-corrected chi connectivity index (χ0v) is 13.8. The summed E-state index contributed by atoms with van der Waals surface area (Å²) in [5, 5.41) is 0. The average molecular weight is 309 g/mol. The lowest BCUT2D eigenvalue weighted by Gasteiger charge is -2.30. The predicted octanol–water partition coefficient (Wildman–Crippen LogP) is 2.53. The van der Waals surface area contributed by atoms with E-state index in [2.05, 4.69) is 51.9 Å². The molecule has 3 atom stereocenters. The summed E-state index contributed by atoms with van der Waals surface area (Å²) >= 11 is 0. The molecule has 0 unspecified atom stereocenters. The van der Waals surface area contributed by atoms with Gasteiger partial charge in [0.1, 0.15) is 11.6 Å². The summed E-state index contributed by atoms with van der Waals surface area (Å²) in [5.41, 5.74) is 1.09. The lowest BCUT2D eigenvalue weighted by molar-refractivity contribution is 0.440. The number of hydrogen-bond donors (Lipinski definition) is 0. The minimum absolute atomic E-state index is 0.548. The van der Waals surface area contributed by atoms with Gasteiger partial charge >= 0.3 is 0 Å². The Labute approximate surface area is 137 Å². The summed E-state index contributed by atoms with van der Waals surface area (Å²) in [7, 11) is 2.16. The van der Waals surface area contributed by atoms with Crippen molar-refractivity contribution < 1.29 is 0 Å². The van der Waals surface area contributed by atoms with Crippen molar-refractivity contribution in [3.05, 3.63) is 42.5 Å². The maximum absolute atomic E-state index is 4.70. The highest BCUT2D eigenvalue weighted by Gasteiger charge is 2.44. The van der Waals surface area contributed by atoms with E-state index >= 15 is 0 Å². The molecule has 5 heteroatoms. The Hall–Kier alpha value is -2.17. The van der Waals surface area contributed by atoms with E-state index in [0.29, 0.717) is 12.0 Å². The van der Waals surface area contributed by atoms with Crippen molar-refractivity contribution in [2.75, 3.05) is 29.9 Å². The van der Waals surface area contributed by atoms with Gasteiger partial charge in [-0.2, -0.15) is 0 Å². The van der Waals surface area contributed by atoms with Crippen molar-refractivity contribution in [1.29, 1.82) is 0 Å². The van der Waals surface area contributed by atoms with E-state index in [1.807, 2.05) is 6.20 Å². The molecule has 0 spiro atoms. The van der Waals surface area contributed by atoms with Crippen molar-refractivity contribution in [1.82, 2.24) is 15.0 Å². The Morgan fingerprint density at radius 2 is 2.09 bits per heavy atom. The monoisotopic (exact) mass is 309 g/mol.